The van der Waals surface area contributed by atoms with Crippen LogP contribution in [0.5, 0.6) is 0 Å². The van der Waals surface area contributed by atoms with E-state index in [9.17, 15) is 0 Å². The van der Waals surface area contributed by atoms with Gasteiger partial charge in [-0.3, -0.25) is 0 Å². The third kappa shape index (κ3) is 2.89. The summed E-state index contributed by atoms with van der Waals surface area (Å²) >= 11 is 0. The monoisotopic (exact) mass is 147 g/mol. The van der Waals surface area contributed by atoms with Gasteiger partial charge in [0, 0.05) is 11.4 Å². The van der Waals surface area contributed by atoms with Crippen molar-refractivity contribution in [1.29, 1.82) is 0 Å². The Hall–Kier alpha value is -1.24. The lowest BCUT2D eigenvalue weighted by Crippen LogP contribution is -1.76. The van der Waals surface area contributed by atoms with Gasteiger partial charge in [0.25, 0.3) is 0 Å². The first-order valence-electron chi connectivity index (χ1n) is 3.74. The molecule has 0 fully saturated rings. The molecule has 0 aliphatic rings. The lowest BCUT2D eigenvalue weighted by molar-refractivity contribution is 1.14. The van der Waals surface area contributed by atoms with Crippen LogP contribution < -0.4 is 0 Å². The first-order chi connectivity index (χ1) is 5.29. The number of aromatic amines is 1. The fraction of sp³-hybridized carbons (Fsp3) is 0.200. The topological polar surface area (TPSA) is 15.8 Å². The molecule has 1 aromatic rings. The Labute approximate surface area is 67.4 Å². The van der Waals surface area contributed by atoms with E-state index in [0.29, 0.717) is 0 Å². The molecule has 0 spiro atoms. The SMILES string of the molecule is Cc1ccccccc(C)[nH]1. The number of aryl methyl sites for hydroxylation is 2. The Morgan fingerprint density at radius 1 is 0.818 bits per heavy atom. The summed E-state index contributed by atoms with van der Waals surface area (Å²) in [6.07, 6.45) is 0. The van der Waals surface area contributed by atoms with Gasteiger partial charge in [0.2, 0.25) is 0 Å². The fourth-order valence-corrected chi connectivity index (χ4v) is 0.922. The van der Waals surface area contributed by atoms with Gasteiger partial charge in [-0.05, 0) is 26.0 Å². The first kappa shape index (κ1) is 7.86. The molecular weight excluding hydrogens is 134 g/mol. The number of hydrogen-bond acceptors (Lipinski definition) is 0. The van der Waals surface area contributed by atoms with Gasteiger partial charge in [-0.15, -0.1) is 0 Å². The summed E-state index contributed by atoms with van der Waals surface area (Å²) in [4.78, 5) is 3.24. The normalized spacial score (nSPS) is 8.91. The zero-order valence-electron chi connectivity index (χ0n) is 6.96. The highest BCUT2D eigenvalue weighted by molar-refractivity contribution is 5.05. The molecule has 0 aromatic carbocycles. The van der Waals surface area contributed by atoms with Crippen molar-refractivity contribution in [2.75, 3.05) is 0 Å². The molecule has 0 saturated heterocycles. The average molecular weight is 147 g/mol. The van der Waals surface area contributed by atoms with Crippen LogP contribution in [0.2, 0.25) is 0 Å². The average Bonchev–Trinajstić information content (AvgIpc) is 2.02. The summed E-state index contributed by atoms with van der Waals surface area (Å²) in [6.45, 7) is 4.10. The Morgan fingerprint density at radius 2 is 1.27 bits per heavy atom. The molecule has 0 saturated carbocycles. The lowest BCUT2D eigenvalue weighted by Gasteiger charge is -1.88. The molecule has 0 radical (unpaired) electrons. The van der Waals surface area contributed by atoms with Crippen molar-refractivity contribution in [1.82, 2.24) is 4.98 Å². The van der Waals surface area contributed by atoms with E-state index in [1.165, 1.54) is 11.4 Å². The van der Waals surface area contributed by atoms with Crippen LogP contribution in [0.15, 0.2) is 36.4 Å². The third-order valence-electron chi connectivity index (χ3n) is 1.42. The molecule has 0 aliphatic carbocycles. The van der Waals surface area contributed by atoms with E-state index in [0.717, 1.165) is 0 Å². The molecule has 1 heterocycles. The molecule has 0 aliphatic heterocycles. The van der Waals surface area contributed by atoms with Crippen molar-refractivity contribution in [3.05, 3.63) is 47.8 Å². The number of nitrogens with one attached hydrogen (secondary N) is 1. The van der Waals surface area contributed by atoms with Gasteiger partial charge in [0.05, 0.1) is 0 Å². The molecule has 1 aromatic heterocycles. The molecule has 1 N–H and O–H groups in total. The lowest BCUT2D eigenvalue weighted by atomic mass is 10.4. The van der Waals surface area contributed by atoms with E-state index >= 15 is 0 Å². The van der Waals surface area contributed by atoms with Crippen molar-refractivity contribution in [3.63, 3.8) is 0 Å². The van der Waals surface area contributed by atoms with E-state index in [1.807, 2.05) is 50.2 Å². The second-order valence-electron chi connectivity index (χ2n) is 2.59. The molecule has 1 rings (SSSR count). The smallest absolute Gasteiger partial charge is 0.0117 e. The third-order valence-corrected chi connectivity index (χ3v) is 1.42. The van der Waals surface area contributed by atoms with Crippen LogP contribution in [-0.4, -0.2) is 4.98 Å². The Balaban J connectivity index is 3.25. The van der Waals surface area contributed by atoms with E-state index < -0.39 is 0 Å². The highest BCUT2D eigenvalue weighted by Crippen LogP contribution is 1.91. The highest BCUT2D eigenvalue weighted by atomic mass is 14.7. The summed E-state index contributed by atoms with van der Waals surface area (Å²) < 4.78 is 0. The summed E-state index contributed by atoms with van der Waals surface area (Å²) in [7, 11) is 0. The van der Waals surface area contributed by atoms with Crippen LogP contribution in [-0.2, 0) is 0 Å². The Morgan fingerprint density at radius 3 is 1.73 bits per heavy atom. The molecule has 0 amide bonds. The summed E-state index contributed by atoms with van der Waals surface area (Å²) in [5, 5.41) is 0. The molecule has 58 valence electrons. The standard InChI is InChI=1S/C10H13N/c1-9-7-5-3-4-6-8-10(2)11-9/h3-8,11H,1-2H3. The van der Waals surface area contributed by atoms with Gasteiger partial charge in [-0.2, -0.15) is 0 Å². The maximum absolute atomic E-state index is 3.24. The first-order valence-corrected chi connectivity index (χ1v) is 3.74. The predicted molar refractivity (Wildman–Crippen MR) is 47.9 cm³/mol. The molecular formula is C10H13N. The molecule has 1 nitrogen and oxygen atoms in total. The van der Waals surface area contributed by atoms with Crippen molar-refractivity contribution in [2.24, 2.45) is 0 Å². The molecule has 11 heavy (non-hydrogen) atoms. The van der Waals surface area contributed by atoms with Crippen molar-refractivity contribution in [3.8, 4) is 0 Å². The Bertz CT molecular complexity index is 245. The van der Waals surface area contributed by atoms with Gasteiger partial charge < -0.3 is 4.98 Å². The minimum atomic E-state index is 1.17. The second-order valence-corrected chi connectivity index (χ2v) is 2.59. The van der Waals surface area contributed by atoms with Crippen molar-refractivity contribution >= 4 is 0 Å². The van der Waals surface area contributed by atoms with Crippen LogP contribution >= 0.6 is 0 Å². The van der Waals surface area contributed by atoms with Crippen LogP contribution in [0.25, 0.3) is 0 Å². The second kappa shape index (κ2) is 3.81. The minimum Gasteiger partial charge on any atom is -0.363 e. The minimum absolute atomic E-state index is 1.17. The van der Waals surface area contributed by atoms with Gasteiger partial charge in [-0.1, -0.05) is 24.3 Å². The molecule has 0 bridgehead atoms. The van der Waals surface area contributed by atoms with Crippen LogP contribution in [0, 0.1) is 13.8 Å². The maximum atomic E-state index is 3.24. The van der Waals surface area contributed by atoms with E-state index in [4.69, 9.17) is 0 Å². The number of H-pyrrole nitrogens is 1. The molecule has 0 atom stereocenters. The number of rotatable bonds is 0. The zero-order chi connectivity index (χ0) is 8.10. The predicted octanol–water partition coefficient (Wildman–Crippen LogP) is 2.76. The van der Waals surface area contributed by atoms with Gasteiger partial charge >= 0.3 is 0 Å². The zero-order valence-corrected chi connectivity index (χ0v) is 6.96. The number of hydrogen-bond donors (Lipinski definition) is 1. The summed E-state index contributed by atoms with van der Waals surface area (Å²) in [6, 6.07) is 12.2. The molecule has 1 heteroatoms. The van der Waals surface area contributed by atoms with Gasteiger partial charge in [0.1, 0.15) is 0 Å². The van der Waals surface area contributed by atoms with Crippen LogP contribution in [0.4, 0.5) is 0 Å². The maximum Gasteiger partial charge on any atom is 0.0117 e. The van der Waals surface area contributed by atoms with Crippen LogP contribution in [0.1, 0.15) is 11.4 Å². The fourth-order valence-electron chi connectivity index (χ4n) is 0.922. The largest absolute Gasteiger partial charge is 0.363 e. The van der Waals surface area contributed by atoms with Crippen molar-refractivity contribution in [2.45, 2.75) is 13.8 Å². The van der Waals surface area contributed by atoms with Gasteiger partial charge in [-0.25, -0.2) is 0 Å². The Kier molecular flexibility index (Phi) is 2.73. The summed E-state index contributed by atoms with van der Waals surface area (Å²) in [5.41, 5.74) is 2.33. The highest BCUT2D eigenvalue weighted by Gasteiger charge is 1.76. The van der Waals surface area contributed by atoms with E-state index in [-0.39, 0.29) is 0 Å². The van der Waals surface area contributed by atoms with Crippen molar-refractivity contribution < 1.29 is 0 Å². The quantitative estimate of drug-likeness (QED) is 0.580. The van der Waals surface area contributed by atoms with Crippen LogP contribution in [0.3, 0.4) is 0 Å². The molecule has 0 unspecified atom stereocenters. The summed E-state index contributed by atoms with van der Waals surface area (Å²) in [5.74, 6) is 0. The van der Waals surface area contributed by atoms with E-state index in [1.54, 1.807) is 0 Å². The van der Waals surface area contributed by atoms with E-state index in [2.05, 4.69) is 4.98 Å². The van der Waals surface area contributed by atoms with Gasteiger partial charge in [0.15, 0.2) is 0 Å². The number of aromatic nitrogens is 1.